The van der Waals surface area contributed by atoms with Gasteiger partial charge in [-0.2, -0.15) is 0 Å². The Morgan fingerprint density at radius 3 is 2.93 bits per heavy atom. The molecule has 3 heteroatoms. The SMILES string of the molecule is C=CC(=O)Nc1cc(CC)ccc1O. The topological polar surface area (TPSA) is 49.3 Å². The highest BCUT2D eigenvalue weighted by Gasteiger charge is 2.03. The lowest BCUT2D eigenvalue weighted by molar-refractivity contribution is -0.111. The number of aromatic hydroxyl groups is 1. The van der Waals surface area contributed by atoms with Gasteiger partial charge < -0.3 is 10.4 Å². The minimum Gasteiger partial charge on any atom is -0.506 e. The Morgan fingerprint density at radius 2 is 2.36 bits per heavy atom. The molecule has 1 rings (SSSR count). The van der Waals surface area contributed by atoms with Crippen LogP contribution in [0.2, 0.25) is 0 Å². The van der Waals surface area contributed by atoms with E-state index >= 15 is 0 Å². The van der Waals surface area contributed by atoms with Gasteiger partial charge in [0.25, 0.3) is 0 Å². The van der Waals surface area contributed by atoms with Gasteiger partial charge >= 0.3 is 0 Å². The smallest absolute Gasteiger partial charge is 0.247 e. The third-order valence-corrected chi connectivity index (χ3v) is 1.91. The molecule has 2 N–H and O–H groups in total. The molecule has 0 aliphatic rings. The normalized spacial score (nSPS) is 9.50. The van der Waals surface area contributed by atoms with E-state index in [2.05, 4.69) is 11.9 Å². The van der Waals surface area contributed by atoms with Crippen LogP contribution < -0.4 is 5.32 Å². The summed E-state index contributed by atoms with van der Waals surface area (Å²) in [5.74, 6) is -0.258. The fourth-order valence-corrected chi connectivity index (χ4v) is 1.09. The number of hydrogen-bond donors (Lipinski definition) is 2. The van der Waals surface area contributed by atoms with E-state index in [0.717, 1.165) is 18.1 Å². The Labute approximate surface area is 83.1 Å². The van der Waals surface area contributed by atoms with Crippen LogP contribution in [0, 0.1) is 0 Å². The lowest BCUT2D eigenvalue weighted by Gasteiger charge is -2.06. The number of carbonyl (C=O) groups is 1. The number of carbonyl (C=O) groups excluding carboxylic acids is 1. The Bertz CT molecular complexity index is 358. The first-order valence-electron chi connectivity index (χ1n) is 4.42. The standard InChI is InChI=1S/C11H13NO2/c1-3-8-5-6-10(13)9(7-8)12-11(14)4-2/h4-7,13H,2-3H2,1H3,(H,12,14). The van der Waals surface area contributed by atoms with Gasteiger partial charge in [0, 0.05) is 0 Å². The summed E-state index contributed by atoms with van der Waals surface area (Å²) in [7, 11) is 0. The van der Waals surface area contributed by atoms with E-state index in [0.29, 0.717) is 5.69 Å². The molecule has 0 atom stereocenters. The molecule has 1 aromatic rings. The summed E-state index contributed by atoms with van der Waals surface area (Å²) in [6.45, 7) is 5.34. The molecular formula is C11H13NO2. The highest BCUT2D eigenvalue weighted by molar-refractivity contribution is 5.99. The first-order chi connectivity index (χ1) is 6.67. The number of benzene rings is 1. The highest BCUT2D eigenvalue weighted by atomic mass is 16.3. The van der Waals surface area contributed by atoms with Crippen molar-refractivity contribution in [3.63, 3.8) is 0 Å². The third kappa shape index (κ3) is 2.36. The molecule has 0 aromatic heterocycles. The molecule has 0 unspecified atom stereocenters. The monoisotopic (exact) mass is 191 g/mol. The molecule has 74 valence electrons. The summed E-state index contributed by atoms with van der Waals surface area (Å²) in [5, 5.41) is 12.0. The van der Waals surface area contributed by atoms with E-state index in [-0.39, 0.29) is 11.7 Å². The minimum absolute atomic E-state index is 0.0670. The van der Waals surface area contributed by atoms with Gasteiger partial charge in [-0.15, -0.1) is 0 Å². The molecule has 0 aliphatic carbocycles. The second-order valence-electron chi connectivity index (χ2n) is 2.90. The third-order valence-electron chi connectivity index (χ3n) is 1.91. The van der Waals surface area contributed by atoms with Gasteiger partial charge in [-0.3, -0.25) is 4.79 Å². The molecule has 1 aromatic carbocycles. The van der Waals surface area contributed by atoms with Crippen LogP contribution in [0.15, 0.2) is 30.9 Å². The molecule has 0 saturated heterocycles. The van der Waals surface area contributed by atoms with Crippen molar-refractivity contribution >= 4 is 11.6 Å². The van der Waals surface area contributed by atoms with Crippen LogP contribution in [-0.4, -0.2) is 11.0 Å². The Morgan fingerprint density at radius 1 is 1.64 bits per heavy atom. The first kappa shape index (κ1) is 10.3. The van der Waals surface area contributed by atoms with Crippen LogP contribution >= 0.6 is 0 Å². The van der Waals surface area contributed by atoms with Gasteiger partial charge in [-0.05, 0) is 30.2 Å². The average Bonchev–Trinajstić information content (AvgIpc) is 2.21. The Hall–Kier alpha value is -1.77. The molecule has 14 heavy (non-hydrogen) atoms. The zero-order valence-electron chi connectivity index (χ0n) is 8.08. The van der Waals surface area contributed by atoms with Crippen LogP contribution in [0.5, 0.6) is 5.75 Å². The predicted octanol–water partition coefficient (Wildman–Crippen LogP) is 2.08. The molecular weight excluding hydrogens is 178 g/mol. The van der Waals surface area contributed by atoms with Crippen molar-refractivity contribution in [2.45, 2.75) is 13.3 Å². The van der Waals surface area contributed by atoms with E-state index < -0.39 is 0 Å². The summed E-state index contributed by atoms with van der Waals surface area (Å²) in [5.41, 5.74) is 1.48. The van der Waals surface area contributed by atoms with Crippen molar-refractivity contribution in [2.75, 3.05) is 5.32 Å². The summed E-state index contributed by atoms with van der Waals surface area (Å²) in [6.07, 6.45) is 2.02. The number of aryl methyl sites for hydroxylation is 1. The number of rotatable bonds is 3. The second kappa shape index (κ2) is 4.46. The maximum atomic E-state index is 11.0. The number of nitrogens with one attached hydrogen (secondary N) is 1. The van der Waals surface area contributed by atoms with Gasteiger partial charge in [0.1, 0.15) is 5.75 Å². The molecule has 3 nitrogen and oxygen atoms in total. The van der Waals surface area contributed by atoms with Crippen LogP contribution in [0.4, 0.5) is 5.69 Å². The Kier molecular flexibility index (Phi) is 3.29. The van der Waals surface area contributed by atoms with E-state index in [9.17, 15) is 9.90 Å². The largest absolute Gasteiger partial charge is 0.506 e. The van der Waals surface area contributed by atoms with Gasteiger partial charge in [0.2, 0.25) is 5.91 Å². The van der Waals surface area contributed by atoms with Crippen molar-refractivity contribution in [3.8, 4) is 5.75 Å². The van der Waals surface area contributed by atoms with Gasteiger partial charge in [0.05, 0.1) is 5.69 Å². The number of phenolic OH excluding ortho intramolecular Hbond substituents is 1. The molecule has 0 bridgehead atoms. The molecule has 0 spiro atoms. The summed E-state index contributed by atoms with van der Waals surface area (Å²) >= 11 is 0. The average molecular weight is 191 g/mol. The van der Waals surface area contributed by atoms with Crippen molar-refractivity contribution < 1.29 is 9.90 Å². The Balaban J connectivity index is 2.94. The van der Waals surface area contributed by atoms with Crippen LogP contribution in [0.25, 0.3) is 0 Å². The van der Waals surface area contributed by atoms with E-state index in [1.165, 1.54) is 0 Å². The number of amides is 1. The van der Waals surface area contributed by atoms with Crippen LogP contribution in [-0.2, 0) is 11.2 Å². The summed E-state index contributed by atoms with van der Waals surface area (Å²) in [6, 6.07) is 5.13. The van der Waals surface area contributed by atoms with E-state index in [1.54, 1.807) is 12.1 Å². The molecule has 0 radical (unpaired) electrons. The van der Waals surface area contributed by atoms with Crippen molar-refractivity contribution in [3.05, 3.63) is 36.4 Å². The molecule has 0 fully saturated rings. The molecule has 0 saturated carbocycles. The number of hydrogen-bond acceptors (Lipinski definition) is 2. The maximum absolute atomic E-state index is 11.0. The zero-order chi connectivity index (χ0) is 10.6. The van der Waals surface area contributed by atoms with Gasteiger partial charge in [0.15, 0.2) is 0 Å². The summed E-state index contributed by atoms with van der Waals surface area (Å²) in [4.78, 5) is 11.0. The second-order valence-corrected chi connectivity index (χ2v) is 2.90. The number of phenols is 1. The predicted molar refractivity (Wildman–Crippen MR) is 56.3 cm³/mol. The summed E-state index contributed by atoms with van der Waals surface area (Å²) < 4.78 is 0. The van der Waals surface area contributed by atoms with Crippen LogP contribution in [0.3, 0.4) is 0 Å². The van der Waals surface area contributed by atoms with Crippen LogP contribution in [0.1, 0.15) is 12.5 Å². The molecule has 0 aliphatic heterocycles. The minimum atomic E-state index is -0.325. The quantitative estimate of drug-likeness (QED) is 0.567. The highest BCUT2D eigenvalue weighted by Crippen LogP contribution is 2.24. The fourth-order valence-electron chi connectivity index (χ4n) is 1.09. The van der Waals surface area contributed by atoms with E-state index in [4.69, 9.17) is 0 Å². The molecule has 1 amide bonds. The molecule has 0 heterocycles. The zero-order valence-corrected chi connectivity index (χ0v) is 8.08. The maximum Gasteiger partial charge on any atom is 0.247 e. The fraction of sp³-hybridized carbons (Fsp3) is 0.182. The van der Waals surface area contributed by atoms with E-state index in [1.807, 2.05) is 13.0 Å². The van der Waals surface area contributed by atoms with Gasteiger partial charge in [-0.1, -0.05) is 19.6 Å². The lowest BCUT2D eigenvalue weighted by Crippen LogP contribution is -2.07. The number of anilines is 1. The van der Waals surface area contributed by atoms with Crippen molar-refractivity contribution in [1.82, 2.24) is 0 Å². The van der Waals surface area contributed by atoms with Crippen molar-refractivity contribution in [2.24, 2.45) is 0 Å². The van der Waals surface area contributed by atoms with Crippen molar-refractivity contribution in [1.29, 1.82) is 0 Å². The van der Waals surface area contributed by atoms with Gasteiger partial charge in [-0.25, -0.2) is 0 Å². The lowest BCUT2D eigenvalue weighted by atomic mass is 10.1. The first-order valence-corrected chi connectivity index (χ1v) is 4.42.